The van der Waals surface area contributed by atoms with E-state index in [9.17, 15) is 0 Å². The van der Waals surface area contributed by atoms with Gasteiger partial charge in [-0.05, 0) is 38.5 Å². The smallest absolute Gasteiger partial charge is 0.169 e. The van der Waals surface area contributed by atoms with Crippen LogP contribution >= 0.6 is 0 Å². The van der Waals surface area contributed by atoms with Gasteiger partial charge in [0.25, 0.3) is 0 Å². The van der Waals surface area contributed by atoms with Crippen LogP contribution in [0.15, 0.2) is 24.3 Å². The van der Waals surface area contributed by atoms with Crippen LogP contribution in [-0.2, 0) is 16.0 Å². The zero-order chi connectivity index (χ0) is 13.9. The summed E-state index contributed by atoms with van der Waals surface area (Å²) in [6.45, 7) is 9.39. The Hall–Kier alpha value is -1.10. The Morgan fingerprint density at radius 1 is 1.05 bits per heavy atom. The Balaban J connectivity index is 2.36. The third kappa shape index (κ3) is 6.57. The molecule has 19 heavy (non-hydrogen) atoms. The molecule has 0 aromatic heterocycles. The molecule has 0 radical (unpaired) electrons. The van der Waals surface area contributed by atoms with Crippen LogP contribution in [0.5, 0.6) is 5.75 Å². The minimum atomic E-state index is -0.176. The van der Waals surface area contributed by atoms with Gasteiger partial charge in [-0.15, -0.1) is 0 Å². The van der Waals surface area contributed by atoms with Crippen molar-refractivity contribution in [2.75, 3.05) is 26.4 Å². The molecule has 108 valence electrons. The maximum atomic E-state index is 5.47. The molecule has 4 nitrogen and oxygen atoms in total. The molecule has 0 fully saturated rings. The zero-order valence-corrected chi connectivity index (χ0v) is 12.1. The van der Waals surface area contributed by atoms with Gasteiger partial charge in [0, 0.05) is 26.3 Å². The van der Waals surface area contributed by atoms with E-state index >= 15 is 0 Å². The molecule has 4 heteroatoms. The van der Waals surface area contributed by atoms with Crippen LogP contribution in [0.1, 0.15) is 26.3 Å². The molecule has 1 rings (SSSR count). The summed E-state index contributed by atoms with van der Waals surface area (Å²) in [7, 11) is 0. The van der Waals surface area contributed by atoms with Gasteiger partial charge in [-0.3, -0.25) is 0 Å². The van der Waals surface area contributed by atoms with Crippen molar-refractivity contribution in [1.29, 1.82) is 0 Å². The average Bonchev–Trinajstić information content (AvgIpc) is 2.40. The van der Waals surface area contributed by atoms with Gasteiger partial charge in [-0.1, -0.05) is 12.1 Å². The van der Waals surface area contributed by atoms with Gasteiger partial charge in [-0.25, -0.2) is 0 Å². The van der Waals surface area contributed by atoms with Crippen molar-refractivity contribution in [3.8, 4) is 5.75 Å². The van der Waals surface area contributed by atoms with Gasteiger partial charge in [0.1, 0.15) is 5.75 Å². The van der Waals surface area contributed by atoms with Crippen molar-refractivity contribution in [1.82, 2.24) is 5.32 Å². The number of rotatable bonds is 10. The predicted molar refractivity (Wildman–Crippen MR) is 76.4 cm³/mol. The van der Waals surface area contributed by atoms with Crippen LogP contribution in [0, 0.1) is 0 Å². The quantitative estimate of drug-likeness (QED) is 0.661. The van der Waals surface area contributed by atoms with Crippen LogP contribution < -0.4 is 10.1 Å². The first kappa shape index (κ1) is 16.0. The van der Waals surface area contributed by atoms with Gasteiger partial charge in [0.15, 0.2) is 6.29 Å². The summed E-state index contributed by atoms with van der Waals surface area (Å²) in [5.74, 6) is 0.910. The minimum Gasteiger partial charge on any atom is -0.494 e. The van der Waals surface area contributed by atoms with Gasteiger partial charge in [0.05, 0.1) is 6.61 Å². The molecule has 1 aromatic rings. The van der Waals surface area contributed by atoms with Crippen molar-refractivity contribution in [3.05, 3.63) is 29.8 Å². The van der Waals surface area contributed by atoms with Gasteiger partial charge >= 0.3 is 0 Å². The van der Waals surface area contributed by atoms with E-state index < -0.39 is 0 Å². The highest BCUT2D eigenvalue weighted by Gasteiger charge is 2.06. The molecule has 0 bridgehead atoms. The van der Waals surface area contributed by atoms with E-state index in [4.69, 9.17) is 14.2 Å². The number of ether oxygens (including phenoxy) is 3. The lowest BCUT2D eigenvalue weighted by Crippen LogP contribution is -2.31. The normalized spacial score (nSPS) is 10.9. The van der Waals surface area contributed by atoms with Gasteiger partial charge in [-0.2, -0.15) is 0 Å². The standard InChI is InChI=1S/C15H25NO3/c1-4-17-14-9-7-8-13(10-14)11-16-12-15(18-5-2)19-6-3/h7-10,15-16H,4-6,11-12H2,1-3H3. The van der Waals surface area contributed by atoms with Crippen molar-refractivity contribution < 1.29 is 14.2 Å². The molecule has 0 aliphatic carbocycles. The Kier molecular flexibility index (Phi) is 8.21. The maximum absolute atomic E-state index is 5.47. The molecule has 0 saturated carbocycles. The summed E-state index contributed by atoms with van der Waals surface area (Å²) in [4.78, 5) is 0. The van der Waals surface area contributed by atoms with Crippen LogP contribution in [-0.4, -0.2) is 32.7 Å². The van der Waals surface area contributed by atoms with E-state index in [0.717, 1.165) is 12.3 Å². The molecule has 0 aliphatic heterocycles. The SMILES string of the molecule is CCOc1cccc(CNCC(OCC)OCC)c1. The average molecular weight is 267 g/mol. The first-order chi connectivity index (χ1) is 9.30. The molecule has 0 unspecified atom stereocenters. The molecule has 0 aliphatic rings. The van der Waals surface area contributed by atoms with Crippen molar-refractivity contribution in [2.45, 2.75) is 33.6 Å². The topological polar surface area (TPSA) is 39.7 Å². The van der Waals surface area contributed by atoms with E-state index in [1.165, 1.54) is 5.56 Å². The number of hydrogen-bond donors (Lipinski definition) is 1. The number of hydrogen-bond acceptors (Lipinski definition) is 4. The lowest BCUT2D eigenvalue weighted by atomic mass is 10.2. The highest BCUT2D eigenvalue weighted by Crippen LogP contribution is 2.13. The molecule has 0 heterocycles. The van der Waals surface area contributed by atoms with Crippen LogP contribution in [0.2, 0.25) is 0 Å². The largest absolute Gasteiger partial charge is 0.494 e. The van der Waals surface area contributed by atoms with Crippen molar-refractivity contribution >= 4 is 0 Å². The van der Waals surface area contributed by atoms with Crippen molar-refractivity contribution in [2.24, 2.45) is 0 Å². The second-order valence-electron chi connectivity index (χ2n) is 4.05. The molecule has 0 saturated heterocycles. The third-order valence-electron chi connectivity index (χ3n) is 2.55. The van der Waals surface area contributed by atoms with Gasteiger partial charge < -0.3 is 19.5 Å². The molecule has 0 spiro atoms. The van der Waals surface area contributed by atoms with Crippen LogP contribution in [0.25, 0.3) is 0 Å². The van der Waals surface area contributed by atoms with E-state index in [2.05, 4.69) is 11.4 Å². The summed E-state index contributed by atoms with van der Waals surface area (Å²) in [6.07, 6.45) is -0.176. The monoisotopic (exact) mass is 267 g/mol. The van der Waals surface area contributed by atoms with Crippen LogP contribution in [0.4, 0.5) is 0 Å². The van der Waals surface area contributed by atoms with Gasteiger partial charge in [0.2, 0.25) is 0 Å². The summed E-state index contributed by atoms with van der Waals surface area (Å²) < 4.78 is 16.4. The summed E-state index contributed by atoms with van der Waals surface area (Å²) in [6, 6.07) is 8.10. The zero-order valence-electron chi connectivity index (χ0n) is 12.1. The predicted octanol–water partition coefficient (Wildman–Crippen LogP) is 2.57. The third-order valence-corrected chi connectivity index (χ3v) is 2.55. The highest BCUT2D eigenvalue weighted by atomic mass is 16.7. The first-order valence-electron chi connectivity index (χ1n) is 6.95. The fraction of sp³-hybridized carbons (Fsp3) is 0.600. The van der Waals surface area contributed by atoms with Crippen molar-refractivity contribution in [3.63, 3.8) is 0 Å². The Labute approximate surface area is 116 Å². The number of benzene rings is 1. The fourth-order valence-corrected chi connectivity index (χ4v) is 1.78. The second-order valence-corrected chi connectivity index (χ2v) is 4.05. The van der Waals surface area contributed by atoms with Crippen LogP contribution in [0.3, 0.4) is 0 Å². The van der Waals surface area contributed by atoms with E-state index in [-0.39, 0.29) is 6.29 Å². The maximum Gasteiger partial charge on any atom is 0.169 e. The fourth-order valence-electron chi connectivity index (χ4n) is 1.78. The molecule has 1 aromatic carbocycles. The Morgan fingerprint density at radius 2 is 1.79 bits per heavy atom. The van der Waals surface area contributed by atoms with E-state index in [1.54, 1.807) is 0 Å². The molecule has 0 atom stereocenters. The Morgan fingerprint density at radius 3 is 2.42 bits per heavy atom. The summed E-state index contributed by atoms with van der Waals surface area (Å²) in [5.41, 5.74) is 1.19. The lowest BCUT2D eigenvalue weighted by molar-refractivity contribution is -0.133. The summed E-state index contributed by atoms with van der Waals surface area (Å²) in [5, 5.41) is 3.34. The van der Waals surface area contributed by atoms with E-state index in [0.29, 0.717) is 26.4 Å². The molecular weight excluding hydrogens is 242 g/mol. The summed E-state index contributed by atoms with van der Waals surface area (Å²) >= 11 is 0. The molecule has 0 amide bonds. The lowest BCUT2D eigenvalue weighted by Gasteiger charge is -2.17. The highest BCUT2D eigenvalue weighted by molar-refractivity contribution is 5.28. The number of nitrogens with one attached hydrogen (secondary N) is 1. The molecule has 1 N–H and O–H groups in total. The molecular formula is C15H25NO3. The first-order valence-corrected chi connectivity index (χ1v) is 6.95. The minimum absolute atomic E-state index is 0.176. The second kappa shape index (κ2) is 9.78. The Bertz CT molecular complexity index is 338. The van der Waals surface area contributed by atoms with E-state index in [1.807, 2.05) is 39.0 Å².